The van der Waals surface area contributed by atoms with Crippen molar-refractivity contribution in [1.82, 2.24) is 5.16 Å². The number of hydrogen-bond donors (Lipinski definition) is 1. The first-order chi connectivity index (χ1) is 17.0. The highest BCUT2D eigenvalue weighted by Gasteiger charge is 2.48. The number of carbonyl (C=O) groups is 2. The van der Waals surface area contributed by atoms with Crippen LogP contribution in [0.1, 0.15) is 36.3 Å². The maximum absolute atomic E-state index is 13.3. The van der Waals surface area contributed by atoms with Crippen molar-refractivity contribution in [3.8, 4) is 5.75 Å². The van der Waals surface area contributed by atoms with Crippen LogP contribution < -0.4 is 9.64 Å². The zero-order chi connectivity index (χ0) is 24.5. The maximum atomic E-state index is 13.3. The molecule has 0 spiro atoms. The number of amides is 1. The Kier molecular flexibility index (Phi) is 5.82. The number of fused-ring (bicyclic) bond motifs is 1. The summed E-state index contributed by atoms with van der Waals surface area (Å²) in [6.07, 6.45) is 0.874. The number of rotatable bonds is 6. The van der Waals surface area contributed by atoms with E-state index >= 15 is 0 Å². The number of anilines is 1. The molecule has 1 unspecified atom stereocenters. The molecule has 1 aliphatic rings. The second kappa shape index (κ2) is 9.10. The van der Waals surface area contributed by atoms with E-state index in [2.05, 4.69) is 5.16 Å². The molecule has 0 aliphatic carbocycles. The third kappa shape index (κ3) is 4.05. The second-order valence-electron chi connectivity index (χ2n) is 8.44. The topological polar surface area (TPSA) is 92.9 Å². The van der Waals surface area contributed by atoms with Crippen LogP contribution in [0.2, 0.25) is 0 Å². The van der Waals surface area contributed by atoms with Crippen LogP contribution in [0.25, 0.3) is 16.5 Å². The van der Waals surface area contributed by atoms with Gasteiger partial charge >= 0.3 is 5.91 Å². The number of benzene rings is 3. The normalized spacial score (nSPS) is 17.3. The van der Waals surface area contributed by atoms with Crippen LogP contribution >= 0.6 is 0 Å². The molecule has 1 saturated heterocycles. The predicted molar refractivity (Wildman–Crippen MR) is 132 cm³/mol. The summed E-state index contributed by atoms with van der Waals surface area (Å²) >= 11 is 0. The number of nitrogens with zero attached hydrogens (tertiary/aromatic N) is 2. The number of hydrogen-bond acceptors (Lipinski definition) is 6. The molecule has 1 amide bonds. The first kappa shape index (κ1) is 22.4. The van der Waals surface area contributed by atoms with Crippen molar-refractivity contribution in [3.05, 3.63) is 95.3 Å². The standard InChI is InChI=1S/C28H24N2O5/c1-3-14-34-22-12-10-19(11-13-22)25-24(27(32)28(33)30(25)23-15-17(2)35-29-23)26(31)21-9-8-18-6-4-5-7-20(18)16-21/h4-13,15-16,25,31H,3,14H2,1-2H3. The summed E-state index contributed by atoms with van der Waals surface area (Å²) in [5.74, 6) is -0.422. The molecule has 35 heavy (non-hydrogen) atoms. The summed E-state index contributed by atoms with van der Waals surface area (Å²) < 4.78 is 10.9. The van der Waals surface area contributed by atoms with E-state index in [1.807, 2.05) is 37.3 Å². The van der Waals surface area contributed by atoms with E-state index in [0.29, 0.717) is 29.2 Å². The molecule has 1 aromatic heterocycles. The van der Waals surface area contributed by atoms with Crippen LogP contribution in [0, 0.1) is 6.92 Å². The third-order valence-electron chi connectivity index (χ3n) is 6.00. The van der Waals surface area contributed by atoms with Gasteiger partial charge in [-0.25, -0.2) is 0 Å². The van der Waals surface area contributed by atoms with E-state index in [4.69, 9.17) is 9.26 Å². The molecule has 0 bridgehead atoms. The minimum absolute atomic E-state index is 0.00633. The van der Waals surface area contributed by atoms with Gasteiger partial charge in [0.25, 0.3) is 5.78 Å². The van der Waals surface area contributed by atoms with Crippen LogP contribution in [0.5, 0.6) is 5.75 Å². The summed E-state index contributed by atoms with van der Waals surface area (Å²) in [5.41, 5.74) is 1.08. The zero-order valence-electron chi connectivity index (χ0n) is 19.4. The molecule has 7 heteroatoms. The van der Waals surface area contributed by atoms with Crippen molar-refractivity contribution in [2.45, 2.75) is 26.3 Å². The number of carbonyl (C=O) groups excluding carboxylic acids is 2. The molecule has 0 radical (unpaired) electrons. The average Bonchev–Trinajstić information content (AvgIpc) is 3.42. The zero-order valence-corrected chi connectivity index (χ0v) is 19.4. The van der Waals surface area contributed by atoms with Crippen LogP contribution in [0.15, 0.2) is 82.9 Å². The minimum Gasteiger partial charge on any atom is -0.507 e. The number of ether oxygens (including phenoxy) is 1. The lowest BCUT2D eigenvalue weighted by Gasteiger charge is -2.23. The van der Waals surface area contributed by atoms with E-state index in [0.717, 1.165) is 17.2 Å². The fourth-order valence-electron chi connectivity index (χ4n) is 4.31. The Bertz CT molecular complexity index is 1450. The molecule has 1 atom stereocenters. The van der Waals surface area contributed by atoms with Gasteiger partial charge < -0.3 is 14.4 Å². The molecule has 1 fully saturated rings. The Labute approximate surface area is 202 Å². The van der Waals surface area contributed by atoms with E-state index < -0.39 is 17.7 Å². The van der Waals surface area contributed by atoms with Crippen molar-refractivity contribution in [1.29, 1.82) is 0 Å². The summed E-state index contributed by atoms with van der Waals surface area (Å²) in [5, 5.41) is 17.2. The van der Waals surface area contributed by atoms with Crippen molar-refractivity contribution in [2.24, 2.45) is 0 Å². The lowest BCUT2D eigenvalue weighted by molar-refractivity contribution is -0.132. The van der Waals surface area contributed by atoms with Gasteiger partial charge in [0.2, 0.25) is 0 Å². The van der Waals surface area contributed by atoms with Crippen molar-refractivity contribution in [3.63, 3.8) is 0 Å². The summed E-state index contributed by atoms with van der Waals surface area (Å²) in [6.45, 7) is 4.31. The van der Waals surface area contributed by atoms with E-state index in [-0.39, 0.29) is 17.2 Å². The van der Waals surface area contributed by atoms with Crippen molar-refractivity contribution in [2.75, 3.05) is 11.5 Å². The highest BCUT2D eigenvalue weighted by molar-refractivity contribution is 6.51. The van der Waals surface area contributed by atoms with Crippen LogP contribution in [-0.4, -0.2) is 28.6 Å². The number of aryl methyl sites for hydroxylation is 1. The molecule has 5 rings (SSSR count). The smallest absolute Gasteiger partial charge is 0.301 e. The van der Waals surface area contributed by atoms with E-state index in [1.54, 1.807) is 49.4 Å². The van der Waals surface area contributed by atoms with Gasteiger partial charge in [-0.3, -0.25) is 14.5 Å². The predicted octanol–water partition coefficient (Wildman–Crippen LogP) is 5.55. The van der Waals surface area contributed by atoms with Crippen molar-refractivity contribution < 1.29 is 24.0 Å². The van der Waals surface area contributed by atoms with Gasteiger partial charge in [0.05, 0.1) is 18.2 Å². The Morgan fingerprint density at radius 3 is 2.46 bits per heavy atom. The Morgan fingerprint density at radius 2 is 1.77 bits per heavy atom. The summed E-state index contributed by atoms with van der Waals surface area (Å²) in [6, 6.07) is 21.0. The molecule has 7 nitrogen and oxygen atoms in total. The van der Waals surface area contributed by atoms with Gasteiger partial charge in [-0.15, -0.1) is 0 Å². The molecular weight excluding hydrogens is 444 g/mol. The number of aliphatic hydroxyl groups is 1. The first-order valence-corrected chi connectivity index (χ1v) is 11.4. The fourth-order valence-corrected chi connectivity index (χ4v) is 4.31. The highest BCUT2D eigenvalue weighted by atomic mass is 16.5. The molecule has 3 aromatic carbocycles. The molecule has 1 N–H and O–H groups in total. The SMILES string of the molecule is CCCOc1ccc(C2C(=C(O)c3ccc4ccccc4c3)C(=O)C(=O)N2c2cc(C)on2)cc1. The molecule has 2 heterocycles. The molecule has 4 aromatic rings. The minimum atomic E-state index is -0.883. The van der Waals surface area contributed by atoms with Gasteiger partial charge in [0.15, 0.2) is 5.82 Å². The fraction of sp³-hybridized carbons (Fsp3) is 0.179. The Morgan fingerprint density at radius 1 is 1.03 bits per heavy atom. The van der Waals surface area contributed by atoms with Gasteiger partial charge in [-0.2, -0.15) is 0 Å². The van der Waals surface area contributed by atoms with E-state index in [9.17, 15) is 14.7 Å². The summed E-state index contributed by atoms with van der Waals surface area (Å²) in [4.78, 5) is 27.7. The third-order valence-corrected chi connectivity index (χ3v) is 6.00. The summed E-state index contributed by atoms with van der Waals surface area (Å²) in [7, 11) is 0. The number of Topliss-reactive ketones (excluding diaryl/α,β-unsaturated/α-hetero) is 1. The number of aliphatic hydroxyl groups excluding tert-OH is 1. The maximum Gasteiger partial charge on any atom is 0.301 e. The van der Waals surface area contributed by atoms with Gasteiger partial charge in [0, 0.05) is 11.6 Å². The average molecular weight is 469 g/mol. The highest BCUT2D eigenvalue weighted by Crippen LogP contribution is 2.42. The number of aromatic nitrogens is 1. The van der Waals surface area contributed by atoms with Crippen molar-refractivity contribution >= 4 is 34.0 Å². The molecule has 1 aliphatic heterocycles. The quantitative estimate of drug-likeness (QED) is 0.227. The lowest BCUT2D eigenvalue weighted by atomic mass is 9.94. The molecular formula is C28H24N2O5. The molecule has 0 saturated carbocycles. The second-order valence-corrected chi connectivity index (χ2v) is 8.44. The van der Waals surface area contributed by atoms with Crippen LogP contribution in [0.4, 0.5) is 5.82 Å². The lowest BCUT2D eigenvalue weighted by Crippen LogP contribution is -2.29. The van der Waals surface area contributed by atoms with Crippen LogP contribution in [0.3, 0.4) is 0 Å². The van der Waals surface area contributed by atoms with Crippen LogP contribution in [-0.2, 0) is 9.59 Å². The van der Waals surface area contributed by atoms with E-state index in [1.165, 1.54) is 4.90 Å². The monoisotopic (exact) mass is 468 g/mol. The van der Waals surface area contributed by atoms with Gasteiger partial charge in [-0.1, -0.05) is 60.6 Å². The van der Waals surface area contributed by atoms with Gasteiger partial charge in [0.1, 0.15) is 17.3 Å². The largest absolute Gasteiger partial charge is 0.507 e. The Hall–Kier alpha value is -4.39. The number of ketones is 1. The van der Waals surface area contributed by atoms with Gasteiger partial charge in [-0.05, 0) is 47.9 Å². The Balaban J connectivity index is 1.66. The molecule has 176 valence electrons. The first-order valence-electron chi connectivity index (χ1n) is 11.4.